The van der Waals surface area contributed by atoms with Crippen LogP contribution in [0.3, 0.4) is 0 Å². The molecule has 10 nitrogen and oxygen atoms in total. The first-order valence-corrected chi connectivity index (χ1v) is 12.8. The molecule has 0 saturated heterocycles. The van der Waals surface area contributed by atoms with Crippen molar-refractivity contribution in [1.29, 1.82) is 0 Å². The van der Waals surface area contributed by atoms with Gasteiger partial charge in [-0.25, -0.2) is 19.7 Å². The number of fused-ring (bicyclic) bond motifs is 1. The van der Waals surface area contributed by atoms with E-state index >= 15 is 0 Å². The van der Waals surface area contributed by atoms with Gasteiger partial charge in [-0.2, -0.15) is 0 Å². The number of amides is 2. The molecule has 2 unspecified atom stereocenters. The van der Waals surface area contributed by atoms with Crippen molar-refractivity contribution in [3.63, 3.8) is 0 Å². The number of hydrogen-bond acceptors (Lipinski definition) is 9. The molecule has 2 atom stereocenters. The number of rotatable bonds is 8. The molecule has 0 saturated carbocycles. The zero-order valence-electron chi connectivity index (χ0n) is 21.1. The number of carbonyl (C=O) groups excluding carboxylic acids is 2. The zero-order chi connectivity index (χ0) is 26.5. The number of benzene rings is 1. The van der Waals surface area contributed by atoms with E-state index in [4.69, 9.17) is 10.5 Å². The van der Waals surface area contributed by atoms with Gasteiger partial charge in [0.15, 0.2) is 17.1 Å². The molecular formula is C26H29N7O3S. The monoisotopic (exact) mass is 519 g/mol. The van der Waals surface area contributed by atoms with Crippen LogP contribution in [0.4, 0.5) is 9.93 Å². The van der Waals surface area contributed by atoms with Crippen molar-refractivity contribution in [2.75, 3.05) is 11.9 Å². The van der Waals surface area contributed by atoms with E-state index in [0.717, 1.165) is 27.1 Å². The van der Waals surface area contributed by atoms with Crippen molar-refractivity contribution < 1.29 is 14.3 Å². The maximum Gasteiger partial charge on any atom is 0.323 e. The molecule has 0 radical (unpaired) electrons. The van der Waals surface area contributed by atoms with Crippen molar-refractivity contribution in [2.24, 2.45) is 11.7 Å². The highest BCUT2D eigenvalue weighted by atomic mass is 32.1. The van der Waals surface area contributed by atoms with Crippen LogP contribution in [-0.2, 0) is 9.53 Å². The fourth-order valence-electron chi connectivity index (χ4n) is 3.54. The molecule has 0 aliphatic carbocycles. The van der Waals surface area contributed by atoms with Crippen LogP contribution in [0, 0.1) is 5.92 Å². The molecule has 0 bridgehead atoms. The van der Waals surface area contributed by atoms with Gasteiger partial charge in [0.2, 0.25) is 0 Å². The summed E-state index contributed by atoms with van der Waals surface area (Å²) >= 11 is 1.38. The van der Waals surface area contributed by atoms with E-state index in [1.54, 1.807) is 25.5 Å². The van der Waals surface area contributed by atoms with E-state index in [2.05, 4.69) is 30.6 Å². The molecule has 0 aliphatic rings. The highest BCUT2D eigenvalue weighted by molar-refractivity contribution is 7.22. The van der Waals surface area contributed by atoms with Gasteiger partial charge in [0, 0.05) is 36.3 Å². The molecule has 0 spiro atoms. The maximum absolute atomic E-state index is 12.2. The van der Waals surface area contributed by atoms with Crippen molar-refractivity contribution in [3.8, 4) is 22.4 Å². The minimum atomic E-state index is -0.705. The molecule has 4 aromatic rings. The molecular weight excluding hydrogens is 490 g/mol. The SMILES string of the molecule is CCNC(=O)Nc1nc2cc(-c3cnc(C(C)OC(=O)C(N)C(C)C)nc3)cc(-c3ccccn3)c2s1. The highest BCUT2D eigenvalue weighted by Gasteiger charge is 2.23. The van der Waals surface area contributed by atoms with Crippen LogP contribution >= 0.6 is 11.3 Å². The summed E-state index contributed by atoms with van der Waals surface area (Å²) in [5.41, 5.74) is 9.85. The van der Waals surface area contributed by atoms with E-state index in [0.29, 0.717) is 23.0 Å². The molecule has 3 aromatic heterocycles. The largest absolute Gasteiger partial charge is 0.453 e. The number of ether oxygens (including phenoxy) is 1. The Morgan fingerprint density at radius 2 is 1.84 bits per heavy atom. The van der Waals surface area contributed by atoms with Crippen LogP contribution in [0.25, 0.3) is 32.6 Å². The van der Waals surface area contributed by atoms with Gasteiger partial charge in [0.25, 0.3) is 0 Å². The van der Waals surface area contributed by atoms with Crippen molar-refractivity contribution in [2.45, 2.75) is 39.8 Å². The van der Waals surface area contributed by atoms with Gasteiger partial charge in [0.1, 0.15) is 6.04 Å². The lowest BCUT2D eigenvalue weighted by Crippen LogP contribution is -2.37. The van der Waals surface area contributed by atoms with Gasteiger partial charge in [-0.3, -0.25) is 15.1 Å². The zero-order valence-corrected chi connectivity index (χ0v) is 21.9. The predicted molar refractivity (Wildman–Crippen MR) is 144 cm³/mol. The summed E-state index contributed by atoms with van der Waals surface area (Å²) in [7, 11) is 0. The number of aromatic nitrogens is 4. The third kappa shape index (κ3) is 6.07. The van der Waals surface area contributed by atoms with Crippen molar-refractivity contribution in [1.82, 2.24) is 25.3 Å². The first-order chi connectivity index (χ1) is 17.8. The third-order valence-electron chi connectivity index (χ3n) is 5.64. The Labute approximate surface area is 218 Å². The van der Waals surface area contributed by atoms with Crippen LogP contribution in [-0.4, -0.2) is 44.5 Å². The Balaban J connectivity index is 1.66. The fraction of sp³-hybridized carbons (Fsp3) is 0.308. The average Bonchev–Trinajstić information content (AvgIpc) is 3.30. The van der Waals surface area contributed by atoms with E-state index in [9.17, 15) is 9.59 Å². The summed E-state index contributed by atoms with van der Waals surface area (Å²) < 4.78 is 6.34. The van der Waals surface area contributed by atoms with Crippen LogP contribution in [0.5, 0.6) is 0 Å². The van der Waals surface area contributed by atoms with E-state index in [-0.39, 0.29) is 11.9 Å². The number of pyridine rings is 1. The standard InChI is InChI=1S/C26H29N7O3S/c1-5-28-25(35)33-26-32-20-11-16(10-18(22(20)37-26)19-8-6-7-9-29-19)17-12-30-23(31-13-17)15(4)36-24(34)21(27)14(2)3/h6-15,21H,5,27H2,1-4H3,(H2,28,32,33,35). The smallest absolute Gasteiger partial charge is 0.323 e. The molecule has 11 heteroatoms. The number of nitrogens with zero attached hydrogens (tertiary/aromatic N) is 4. The highest BCUT2D eigenvalue weighted by Crippen LogP contribution is 2.38. The normalized spacial score (nSPS) is 12.8. The van der Waals surface area contributed by atoms with Crippen molar-refractivity contribution in [3.05, 3.63) is 54.7 Å². The van der Waals surface area contributed by atoms with Gasteiger partial charge >= 0.3 is 12.0 Å². The number of anilines is 1. The number of thiazole rings is 1. The van der Waals surface area contributed by atoms with Gasteiger partial charge in [-0.1, -0.05) is 31.3 Å². The van der Waals surface area contributed by atoms with E-state index < -0.39 is 18.1 Å². The molecule has 4 N–H and O–H groups in total. The van der Waals surface area contributed by atoms with Crippen LogP contribution in [0.15, 0.2) is 48.9 Å². The minimum Gasteiger partial charge on any atom is -0.453 e. The second-order valence-corrected chi connectivity index (χ2v) is 9.77. The molecule has 4 rings (SSSR count). The number of nitrogens with one attached hydrogen (secondary N) is 2. The fourth-order valence-corrected chi connectivity index (χ4v) is 4.51. The Kier molecular flexibility index (Phi) is 8.04. The number of nitrogens with two attached hydrogens (primary N) is 1. The van der Waals surface area contributed by atoms with Crippen molar-refractivity contribution >= 4 is 38.7 Å². The lowest BCUT2D eigenvalue weighted by atomic mass is 10.0. The summed E-state index contributed by atoms with van der Waals surface area (Å²) in [4.78, 5) is 42.3. The first-order valence-electron chi connectivity index (χ1n) is 12.0. The average molecular weight is 520 g/mol. The Hall–Kier alpha value is -3.96. The maximum atomic E-state index is 12.2. The second-order valence-electron chi connectivity index (χ2n) is 8.77. The Morgan fingerprint density at radius 3 is 2.49 bits per heavy atom. The van der Waals surface area contributed by atoms with E-state index in [1.165, 1.54) is 11.3 Å². The van der Waals surface area contributed by atoms with Gasteiger partial charge in [-0.15, -0.1) is 0 Å². The lowest BCUT2D eigenvalue weighted by molar-refractivity contribution is -0.151. The molecule has 192 valence electrons. The van der Waals surface area contributed by atoms with Crippen LogP contribution in [0.1, 0.15) is 39.6 Å². The predicted octanol–water partition coefficient (Wildman–Crippen LogP) is 4.54. The summed E-state index contributed by atoms with van der Waals surface area (Å²) in [5, 5.41) is 5.97. The summed E-state index contributed by atoms with van der Waals surface area (Å²) in [6, 6.07) is 8.60. The summed E-state index contributed by atoms with van der Waals surface area (Å²) in [6.07, 6.45) is 4.45. The lowest BCUT2D eigenvalue weighted by Gasteiger charge is -2.18. The van der Waals surface area contributed by atoms with Gasteiger partial charge in [-0.05, 0) is 49.6 Å². The molecule has 3 heterocycles. The topological polar surface area (TPSA) is 145 Å². The summed E-state index contributed by atoms with van der Waals surface area (Å²) in [6.45, 7) is 7.79. The minimum absolute atomic E-state index is 0.0336. The molecule has 0 fully saturated rings. The number of urea groups is 1. The first kappa shape index (κ1) is 26.1. The molecule has 2 amide bonds. The molecule has 37 heavy (non-hydrogen) atoms. The number of esters is 1. The quantitative estimate of drug-likeness (QED) is 0.288. The van der Waals surface area contributed by atoms with Gasteiger partial charge < -0.3 is 15.8 Å². The molecule has 1 aromatic carbocycles. The Morgan fingerprint density at radius 1 is 1.08 bits per heavy atom. The van der Waals surface area contributed by atoms with Crippen LogP contribution < -0.4 is 16.4 Å². The third-order valence-corrected chi connectivity index (χ3v) is 6.66. The van der Waals surface area contributed by atoms with Gasteiger partial charge in [0.05, 0.1) is 15.9 Å². The summed E-state index contributed by atoms with van der Waals surface area (Å²) in [5.74, 6) is -0.143. The second kappa shape index (κ2) is 11.4. The van der Waals surface area contributed by atoms with E-state index in [1.807, 2.05) is 51.1 Å². The molecule has 0 aliphatic heterocycles. The number of carbonyl (C=O) groups is 2. The van der Waals surface area contributed by atoms with Crippen LogP contribution in [0.2, 0.25) is 0 Å². The Bertz CT molecular complexity index is 1390. The number of hydrogen-bond donors (Lipinski definition) is 3.